The van der Waals surface area contributed by atoms with E-state index in [1.54, 1.807) is 30.3 Å². The second kappa shape index (κ2) is 10.9. The Morgan fingerprint density at radius 3 is 2.45 bits per heavy atom. The lowest BCUT2D eigenvalue weighted by molar-refractivity contribution is 0.0514. The van der Waals surface area contributed by atoms with Crippen molar-refractivity contribution in [2.24, 2.45) is 5.41 Å². The van der Waals surface area contributed by atoms with Gasteiger partial charge in [0.05, 0.1) is 23.3 Å². The summed E-state index contributed by atoms with van der Waals surface area (Å²) in [5, 5.41) is 0. The average molecular weight is 571 g/mol. The highest BCUT2D eigenvalue weighted by Gasteiger charge is 2.51. The van der Waals surface area contributed by atoms with E-state index in [0.717, 1.165) is 17.1 Å². The molecule has 0 N–H and O–H groups in total. The predicted molar refractivity (Wildman–Crippen MR) is 152 cm³/mol. The number of rotatable bonds is 9. The maximum absolute atomic E-state index is 15.4. The second-order valence-electron chi connectivity index (χ2n) is 10.8. The van der Waals surface area contributed by atoms with Crippen molar-refractivity contribution < 1.29 is 22.3 Å². The fourth-order valence-corrected chi connectivity index (χ4v) is 5.07. The Hall–Kier alpha value is -4.71. The first-order valence-electron chi connectivity index (χ1n) is 13.5. The zero-order valence-electron chi connectivity index (χ0n) is 22.8. The molecular formula is C33H26F4N4O. The number of fused-ring (bicyclic) bond motifs is 1. The minimum Gasteiger partial charge on any atom is -0.473 e. The van der Waals surface area contributed by atoms with E-state index >= 15 is 4.39 Å². The van der Waals surface area contributed by atoms with Gasteiger partial charge in [-0.05, 0) is 61.2 Å². The summed E-state index contributed by atoms with van der Waals surface area (Å²) in [6.07, 6.45) is -1.37. The van der Waals surface area contributed by atoms with Crippen LogP contribution in [0.15, 0.2) is 72.8 Å². The van der Waals surface area contributed by atoms with Crippen LogP contribution in [0.3, 0.4) is 0 Å². The van der Waals surface area contributed by atoms with Gasteiger partial charge in [-0.25, -0.2) is 32.4 Å². The lowest BCUT2D eigenvalue weighted by atomic mass is 10.0. The second-order valence-corrected chi connectivity index (χ2v) is 10.8. The van der Waals surface area contributed by atoms with E-state index in [-0.39, 0.29) is 36.7 Å². The number of benzene rings is 3. The molecule has 0 unspecified atom stereocenters. The number of aryl methyl sites for hydroxylation is 1. The summed E-state index contributed by atoms with van der Waals surface area (Å²) in [5.41, 5.74) is 3.28. The lowest BCUT2D eigenvalue weighted by Crippen LogP contribution is -2.21. The molecule has 1 aliphatic rings. The van der Waals surface area contributed by atoms with E-state index < -0.39 is 23.5 Å². The molecule has 2 aromatic heterocycles. The third-order valence-electron chi connectivity index (χ3n) is 7.77. The topological polar surface area (TPSA) is 44.3 Å². The van der Waals surface area contributed by atoms with Crippen LogP contribution in [-0.2, 0) is 19.6 Å². The molecule has 1 aliphatic carbocycles. The molecule has 0 amide bonds. The largest absolute Gasteiger partial charge is 0.473 e. The molecule has 1 fully saturated rings. The number of hydrogen-bond acceptors (Lipinski definition) is 3. The number of nitrogens with zero attached hydrogens (tertiary/aromatic N) is 4. The van der Waals surface area contributed by atoms with Crippen LogP contribution < -0.4 is 4.74 Å². The van der Waals surface area contributed by atoms with Crippen LogP contribution in [0.2, 0.25) is 0 Å². The molecule has 9 heteroatoms. The van der Waals surface area contributed by atoms with Gasteiger partial charge in [0, 0.05) is 35.6 Å². The number of aromatic nitrogens is 3. The third kappa shape index (κ3) is 5.45. The number of hydrogen-bond donors (Lipinski definition) is 0. The monoisotopic (exact) mass is 570 g/mol. The lowest BCUT2D eigenvalue weighted by Gasteiger charge is -2.18. The molecule has 0 bridgehead atoms. The molecule has 0 radical (unpaired) electrons. The molecule has 42 heavy (non-hydrogen) atoms. The third-order valence-corrected chi connectivity index (χ3v) is 7.77. The van der Waals surface area contributed by atoms with Crippen LogP contribution in [0.1, 0.15) is 35.4 Å². The first kappa shape index (κ1) is 27.5. The standard InChI is InChI=1S/C33H26F4N4O/c1-20-6-11-28-29(14-20)41(19-33(12-13-33)32(36)37)30(39-28)16-21-7-8-22(15-25(21)34)27-4-3-5-31(40-27)42-18-23-9-10-24(38-2)17-26(23)35/h3-11,14-15,17,32H,12-13,16,18-19H2,1H3. The van der Waals surface area contributed by atoms with Gasteiger partial charge < -0.3 is 9.30 Å². The van der Waals surface area contributed by atoms with Crippen molar-refractivity contribution in [2.75, 3.05) is 0 Å². The Morgan fingerprint density at radius 2 is 1.74 bits per heavy atom. The normalized spacial score (nSPS) is 13.8. The van der Waals surface area contributed by atoms with Crippen LogP contribution in [0.5, 0.6) is 5.88 Å². The molecule has 3 aromatic carbocycles. The maximum atomic E-state index is 15.4. The summed E-state index contributed by atoms with van der Waals surface area (Å²) in [4.78, 5) is 12.3. The molecular weight excluding hydrogens is 544 g/mol. The van der Waals surface area contributed by atoms with Gasteiger partial charge in [-0.3, -0.25) is 0 Å². The summed E-state index contributed by atoms with van der Waals surface area (Å²) < 4.78 is 64.9. The van der Waals surface area contributed by atoms with Gasteiger partial charge in [0.15, 0.2) is 5.69 Å². The molecule has 0 atom stereocenters. The summed E-state index contributed by atoms with van der Waals surface area (Å²) in [6, 6.07) is 19.7. The zero-order chi connectivity index (χ0) is 29.4. The van der Waals surface area contributed by atoms with E-state index in [1.807, 2.05) is 29.7 Å². The SMILES string of the molecule is [C-]#[N+]c1ccc(COc2cccc(-c3ccc(Cc4nc5ccc(C)cc5n4CC4(C(F)F)CC4)c(F)c3)n2)c(F)c1. The van der Waals surface area contributed by atoms with Crippen LogP contribution >= 0.6 is 0 Å². The Labute approximate surface area is 240 Å². The Morgan fingerprint density at radius 1 is 0.952 bits per heavy atom. The number of pyridine rings is 1. The van der Waals surface area contributed by atoms with Crippen molar-refractivity contribution in [1.82, 2.24) is 14.5 Å². The van der Waals surface area contributed by atoms with Crippen LogP contribution in [-0.4, -0.2) is 21.0 Å². The van der Waals surface area contributed by atoms with Crippen molar-refractivity contribution in [3.63, 3.8) is 0 Å². The van der Waals surface area contributed by atoms with Gasteiger partial charge in [-0.2, -0.15) is 0 Å². The smallest absolute Gasteiger partial charge is 0.245 e. The highest BCUT2D eigenvalue weighted by atomic mass is 19.3. The van der Waals surface area contributed by atoms with Gasteiger partial charge in [0.25, 0.3) is 0 Å². The fraction of sp³-hybridized carbons (Fsp3) is 0.242. The van der Waals surface area contributed by atoms with Gasteiger partial charge in [-0.15, -0.1) is 0 Å². The Kier molecular flexibility index (Phi) is 7.15. The molecule has 5 aromatic rings. The van der Waals surface area contributed by atoms with Gasteiger partial charge in [0.2, 0.25) is 12.3 Å². The van der Waals surface area contributed by atoms with E-state index in [4.69, 9.17) is 16.3 Å². The molecule has 212 valence electrons. The predicted octanol–water partition coefficient (Wildman–Crippen LogP) is 8.45. The molecule has 0 spiro atoms. The fourth-order valence-electron chi connectivity index (χ4n) is 5.07. The average Bonchev–Trinajstić information content (AvgIpc) is 3.71. The molecule has 2 heterocycles. The van der Waals surface area contributed by atoms with Crippen LogP contribution in [0.4, 0.5) is 23.2 Å². The van der Waals surface area contributed by atoms with E-state index in [2.05, 4.69) is 9.83 Å². The maximum Gasteiger partial charge on any atom is 0.245 e. The summed E-state index contributed by atoms with van der Waals surface area (Å²) in [5.74, 6) is -0.225. The highest BCUT2D eigenvalue weighted by molar-refractivity contribution is 5.77. The van der Waals surface area contributed by atoms with Crippen molar-refractivity contribution in [1.29, 1.82) is 0 Å². The minimum absolute atomic E-state index is 0.0821. The van der Waals surface area contributed by atoms with Crippen LogP contribution in [0.25, 0.3) is 27.1 Å². The number of ether oxygens (including phenoxy) is 1. The molecule has 5 nitrogen and oxygen atoms in total. The zero-order valence-corrected chi connectivity index (χ0v) is 22.8. The van der Waals surface area contributed by atoms with Crippen molar-refractivity contribution in [2.45, 2.75) is 45.8 Å². The first-order valence-corrected chi connectivity index (χ1v) is 13.5. The number of halogens is 4. The van der Waals surface area contributed by atoms with Gasteiger partial charge in [0.1, 0.15) is 24.1 Å². The molecule has 0 aliphatic heterocycles. The van der Waals surface area contributed by atoms with E-state index in [1.165, 1.54) is 18.2 Å². The van der Waals surface area contributed by atoms with E-state index in [9.17, 15) is 13.2 Å². The van der Waals surface area contributed by atoms with Gasteiger partial charge >= 0.3 is 0 Å². The van der Waals surface area contributed by atoms with Crippen molar-refractivity contribution in [3.8, 4) is 17.1 Å². The van der Waals surface area contributed by atoms with Crippen molar-refractivity contribution >= 4 is 16.7 Å². The summed E-state index contributed by atoms with van der Waals surface area (Å²) in [6.45, 7) is 8.99. The first-order chi connectivity index (χ1) is 20.2. The van der Waals surface area contributed by atoms with Crippen LogP contribution in [0, 0.1) is 30.5 Å². The van der Waals surface area contributed by atoms with Crippen molar-refractivity contribution in [3.05, 3.63) is 118 Å². The Balaban J connectivity index is 1.23. The Bertz CT molecular complexity index is 1840. The minimum atomic E-state index is -2.43. The summed E-state index contributed by atoms with van der Waals surface area (Å²) in [7, 11) is 0. The molecule has 0 saturated heterocycles. The molecule has 1 saturated carbocycles. The summed E-state index contributed by atoms with van der Waals surface area (Å²) >= 11 is 0. The van der Waals surface area contributed by atoms with E-state index in [0.29, 0.717) is 41.0 Å². The number of imidazole rings is 1. The highest BCUT2D eigenvalue weighted by Crippen LogP contribution is 2.52. The molecule has 6 rings (SSSR count). The van der Waals surface area contributed by atoms with Gasteiger partial charge in [-0.1, -0.05) is 36.4 Å². The quantitative estimate of drug-likeness (QED) is 0.132. The number of alkyl halides is 2.